The van der Waals surface area contributed by atoms with E-state index in [1.807, 2.05) is 36.4 Å². The number of benzene rings is 1. The van der Waals surface area contributed by atoms with Crippen LogP contribution in [0.25, 0.3) is 5.57 Å². The van der Waals surface area contributed by atoms with E-state index >= 15 is 0 Å². The molecule has 0 aromatic heterocycles. The summed E-state index contributed by atoms with van der Waals surface area (Å²) in [5.41, 5.74) is 0.149. The van der Waals surface area contributed by atoms with Crippen molar-refractivity contribution in [2.45, 2.75) is 72.6 Å². The minimum atomic E-state index is -0.750. The smallest absolute Gasteiger partial charge is 0.339 e. The monoisotopic (exact) mass is 427 g/mol. The van der Waals surface area contributed by atoms with Crippen molar-refractivity contribution in [1.29, 1.82) is 0 Å². The molecule has 31 heavy (non-hydrogen) atoms. The third-order valence-electron chi connectivity index (χ3n) is 4.56. The molecule has 1 amide bonds. The van der Waals surface area contributed by atoms with Crippen LogP contribution in [0.5, 0.6) is 0 Å². The summed E-state index contributed by atoms with van der Waals surface area (Å²) in [4.78, 5) is 38.5. The number of carbonyl (C=O) groups is 3. The molecule has 0 fully saturated rings. The van der Waals surface area contributed by atoms with E-state index in [2.05, 4.69) is 5.32 Å². The molecule has 1 aliphatic rings. The molecule has 1 aromatic rings. The van der Waals surface area contributed by atoms with Crippen molar-refractivity contribution >= 4 is 23.4 Å². The number of hydrogen-bond acceptors (Lipinski definition) is 5. The summed E-state index contributed by atoms with van der Waals surface area (Å²) in [5.74, 6) is -1.92. The molecule has 0 aliphatic heterocycles. The Morgan fingerprint density at radius 3 is 1.87 bits per heavy atom. The Bertz CT molecular complexity index is 913. The van der Waals surface area contributed by atoms with Crippen molar-refractivity contribution in [3.8, 4) is 0 Å². The molecule has 2 atom stereocenters. The van der Waals surface area contributed by atoms with Crippen LogP contribution >= 0.6 is 0 Å². The van der Waals surface area contributed by atoms with Gasteiger partial charge in [0, 0.05) is 12.8 Å². The van der Waals surface area contributed by atoms with Crippen LogP contribution in [0, 0.1) is 5.92 Å². The highest BCUT2D eigenvalue weighted by atomic mass is 16.6. The van der Waals surface area contributed by atoms with E-state index in [4.69, 9.17) is 9.47 Å². The van der Waals surface area contributed by atoms with Gasteiger partial charge in [-0.15, -0.1) is 0 Å². The molecule has 0 saturated carbocycles. The van der Waals surface area contributed by atoms with Crippen molar-refractivity contribution in [1.82, 2.24) is 5.32 Å². The summed E-state index contributed by atoms with van der Waals surface area (Å²) in [6.07, 6.45) is 1.81. The molecular formula is C25H33NO5. The van der Waals surface area contributed by atoms with Crippen LogP contribution < -0.4 is 5.32 Å². The molecule has 6 heteroatoms. The molecule has 6 nitrogen and oxygen atoms in total. The average Bonchev–Trinajstić information content (AvgIpc) is 2.60. The number of esters is 2. The predicted octanol–water partition coefficient (Wildman–Crippen LogP) is 4.20. The summed E-state index contributed by atoms with van der Waals surface area (Å²) in [5, 5.41) is 2.88. The van der Waals surface area contributed by atoms with Crippen molar-refractivity contribution in [3.63, 3.8) is 0 Å². The van der Waals surface area contributed by atoms with E-state index in [0.717, 1.165) is 5.56 Å². The van der Waals surface area contributed by atoms with E-state index in [9.17, 15) is 14.4 Å². The number of carbonyl (C=O) groups excluding carboxylic acids is 3. The first-order valence-corrected chi connectivity index (χ1v) is 10.4. The average molecular weight is 428 g/mol. The number of nitrogens with one attached hydrogen (secondary N) is 1. The van der Waals surface area contributed by atoms with Crippen LogP contribution in [0.4, 0.5) is 0 Å². The Kier molecular flexibility index (Phi) is 7.14. The molecule has 1 aromatic carbocycles. The zero-order valence-corrected chi connectivity index (χ0v) is 19.7. The summed E-state index contributed by atoms with van der Waals surface area (Å²) in [7, 11) is 0. The molecule has 0 radical (unpaired) electrons. The Morgan fingerprint density at radius 1 is 0.871 bits per heavy atom. The van der Waals surface area contributed by atoms with E-state index in [0.29, 0.717) is 5.57 Å². The van der Waals surface area contributed by atoms with Gasteiger partial charge >= 0.3 is 11.9 Å². The van der Waals surface area contributed by atoms with E-state index in [1.54, 1.807) is 48.5 Å². The quantitative estimate of drug-likeness (QED) is 0.728. The Balaban J connectivity index is 2.75. The fourth-order valence-electron chi connectivity index (χ4n) is 3.39. The summed E-state index contributed by atoms with van der Waals surface area (Å²) < 4.78 is 11.3. The first kappa shape index (κ1) is 24.4. The molecule has 168 valence electrons. The highest BCUT2D eigenvalue weighted by Crippen LogP contribution is 2.38. The standard InChI is InChI=1S/C25H33NO5/c1-15-19(26-16(2)27)14-18(17-12-10-9-11-13-17)21(23(29)31-25(6,7)8)20(15)22(28)30-24(3,4)5/h9-15,19H,1-8H3,(H,26,27)/t15-,19-/m0/s1. The van der Waals surface area contributed by atoms with Crippen LogP contribution in [0.15, 0.2) is 47.6 Å². The molecule has 0 spiro atoms. The lowest BCUT2D eigenvalue weighted by atomic mass is 9.78. The normalized spacial score (nSPS) is 19.4. The molecule has 0 unspecified atom stereocenters. The summed E-state index contributed by atoms with van der Waals surface area (Å²) in [6, 6.07) is 8.78. The molecule has 0 heterocycles. The first-order chi connectivity index (χ1) is 14.2. The van der Waals surface area contributed by atoms with Crippen molar-refractivity contribution in [2.24, 2.45) is 5.92 Å². The van der Waals surface area contributed by atoms with Crippen molar-refractivity contribution < 1.29 is 23.9 Å². The van der Waals surface area contributed by atoms with Gasteiger partial charge in [-0.3, -0.25) is 4.79 Å². The van der Waals surface area contributed by atoms with Gasteiger partial charge < -0.3 is 14.8 Å². The van der Waals surface area contributed by atoms with Crippen LogP contribution in [-0.4, -0.2) is 35.1 Å². The van der Waals surface area contributed by atoms with E-state index in [-0.39, 0.29) is 17.1 Å². The number of rotatable bonds is 4. The molecule has 2 rings (SSSR count). The van der Waals surface area contributed by atoms with Gasteiger partial charge in [-0.1, -0.05) is 43.3 Å². The van der Waals surface area contributed by atoms with Crippen molar-refractivity contribution in [3.05, 3.63) is 53.1 Å². The van der Waals surface area contributed by atoms with Crippen LogP contribution in [0.1, 0.15) is 61.0 Å². The minimum Gasteiger partial charge on any atom is -0.457 e. The van der Waals surface area contributed by atoms with Crippen molar-refractivity contribution in [2.75, 3.05) is 0 Å². The molecular weight excluding hydrogens is 394 g/mol. The lowest BCUT2D eigenvalue weighted by Crippen LogP contribution is -2.43. The minimum absolute atomic E-state index is 0.171. The van der Waals surface area contributed by atoms with Gasteiger partial charge in [0.15, 0.2) is 0 Å². The van der Waals surface area contributed by atoms with Gasteiger partial charge in [-0.2, -0.15) is 0 Å². The van der Waals surface area contributed by atoms with Gasteiger partial charge in [0.2, 0.25) is 5.91 Å². The lowest BCUT2D eigenvalue weighted by molar-refractivity contribution is -0.153. The summed E-state index contributed by atoms with van der Waals surface area (Å²) in [6.45, 7) is 13.8. The Morgan fingerprint density at radius 2 is 1.39 bits per heavy atom. The zero-order valence-electron chi connectivity index (χ0n) is 19.7. The maximum atomic E-state index is 13.3. The number of amides is 1. The maximum absolute atomic E-state index is 13.3. The van der Waals surface area contributed by atoms with Gasteiger partial charge in [-0.05, 0) is 52.7 Å². The fraction of sp³-hybridized carbons (Fsp3) is 0.480. The highest BCUT2D eigenvalue weighted by molar-refractivity contribution is 6.14. The molecule has 1 N–H and O–H groups in total. The Hall–Kier alpha value is -2.89. The SMILES string of the molecule is CC(=O)N[C@H]1C=C(c2ccccc2)C(C(=O)OC(C)(C)C)=C(C(=O)OC(C)(C)C)[C@H]1C. The molecule has 0 saturated heterocycles. The third kappa shape index (κ3) is 6.54. The molecule has 1 aliphatic carbocycles. The van der Waals surface area contributed by atoms with Gasteiger partial charge in [0.05, 0.1) is 17.2 Å². The topological polar surface area (TPSA) is 81.7 Å². The van der Waals surface area contributed by atoms with Gasteiger partial charge in [0.1, 0.15) is 11.2 Å². The second-order valence-corrected chi connectivity index (χ2v) is 9.75. The van der Waals surface area contributed by atoms with Crippen LogP contribution in [0.3, 0.4) is 0 Å². The number of ether oxygens (including phenoxy) is 2. The zero-order chi connectivity index (χ0) is 23.6. The predicted molar refractivity (Wildman–Crippen MR) is 120 cm³/mol. The van der Waals surface area contributed by atoms with Crippen LogP contribution in [0.2, 0.25) is 0 Å². The lowest BCUT2D eigenvalue weighted by Gasteiger charge is -2.33. The number of hydrogen-bond donors (Lipinski definition) is 1. The maximum Gasteiger partial charge on any atom is 0.339 e. The fourth-order valence-corrected chi connectivity index (χ4v) is 3.39. The second kappa shape index (κ2) is 9.08. The largest absolute Gasteiger partial charge is 0.457 e. The Labute approximate surface area is 184 Å². The first-order valence-electron chi connectivity index (χ1n) is 10.4. The van der Waals surface area contributed by atoms with Gasteiger partial charge in [-0.25, -0.2) is 9.59 Å². The van der Waals surface area contributed by atoms with E-state index < -0.39 is 35.1 Å². The molecule has 0 bridgehead atoms. The third-order valence-corrected chi connectivity index (χ3v) is 4.56. The summed E-state index contributed by atoms with van der Waals surface area (Å²) >= 11 is 0. The van der Waals surface area contributed by atoms with Crippen LogP contribution in [-0.2, 0) is 23.9 Å². The highest BCUT2D eigenvalue weighted by Gasteiger charge is 2.40. The van der Waals surface area contributed by atoms with Gasteiger partial charge in [0.25, 0.3) is 0 Å². The second-order valence-electron chi connectivity index (χ2n) is 9.75. The van der Waals surface area contributed by atoms with E-state index in [1.165, 1.54) is 6.92 Å².